The van der Waals surface area contributed by atoms with Gasteiger partial charge in [-0.15, -0.1) is 0 Å². The predicted octanol–water partition coefficient (Wildman–Crippen LogP) is 0.514. The Balaban J connectivity index is 1.76. The van der Waals surface area contributed by atoms with Crippen LogP contribution in [-0.2, 0) is 19.4 Å². The van der Waals surface area contributed by atoms with Crippen LogP contribution in [0.25, 0.3) is 0 Å². The second kappa shape index (κ2) is 6.35. The number of benzene rings is 1. The first-order chi connectivity index (χ1) is 11.4. The minimum Gasteiger partial charge on any atom is -0.347 e. The van der Waals surface area contributed by atoms with E-state index in [-0.39, 0.29) is 35.5 Å². The van der Waals surface area contributed by atoms with Crippen molar-refractivity contribution in [3.05, 3.63) is 30.3 Å². The van der Waals surface area contributed by atoms with E-state index in [1.165, 1.54) is 6.92 Å². The van der Waals surface area contributed by atoms with Gasteiger partial charge in [0.15, 0.2) is 15.6 Å². The van der Waals surface area contributed by atoms with Crippen molar-refractivity contribution in [2.75, 3.05) is 16.5 Å². The van der Waals surface area contributed by atoms with Crippen molar-refractivity contribution < 1.29 is 18.0 Å². The molecule has 1 aromatic rings. The fraction of sp³-hybridized carbons (Fsp3) is 0.438. The standard InChI is InChI=1S/C16H19N3O4S/c1-11(20)15-9-14(18-19(15)13-5-3-2-4-6-13)16(21)17-12-7-8-24(22,23)10-12/h2-6,12,15H,7-10H2,1H3,(H,17,21)/t12-,15+/m1/s1. The van der Waals surface area contributed by atoms with Crippen LogP contribution in [0.15, 0.2) is 35.4 Å². The van der Waals surface area contributed by atoms with Crippen LogP contribution >= 0.6 is 0 Å². The van der Waals surface area contributed by atoms with Crippen molar-refractivity contribution in [2.24, 2.45) is 5.10 Å². The molecule has 0 aliphatic carbocycles. The van der Waals surface area contributed by atoms with E-state index >= 15 is 0 Å². The minimum absolute atomic E-state index is 0.0371. The Hall–Kier alpha value is -2.22. The van der Waals surface area contributed by atoms with E-state index in [2.05, 4.69) is 10.4 Å². The van der Waals surface area contributed by atoms with Crippen molar-refractivity contribution in [3.8, 4) is 0 Å². The number of amides is 1. The number of hydrazone groups is 1. The maximum atomic E-state index is 12.4. The average Bonchev–Trinajstić information content (AvgIpc) is 3.12. The molecule has 2 heterocycles. The van der Waals surface area contributed by atoms with Crippen LogP contribution in [0.4, 0.5) is 5.69 Å². The Morgan fingerprint density at radius 1 is 1.25 bits per heavy atom. The molecule has 3 rings (SSSR count). The molecular formula is C16H19N3O4S. The van der Waals surface area contributed by atoms with E-state index in [1.807, 2.05) is 30.3 Å². The number of Topliss-reactive ketones (excluding diaryl/α,β-unsaturated/α-hetero) is 1. The van der Waals surface area contributed by atoms with Crippen LogP contribution in [0.1, 0.15) is 19.8 Å². The Morgan fingerprint density at radius 2 is 1.96 bits per heavy atom. The Kier molecular flexibility index (Phi) is 4.40. The smallest absolute Gasteiger partial charge is 0.267 e. The summed E-state index contributed by atoms with van der Waals surface area (Å²) in [5.41, 5.74) is 0.993. The van der Waals surface area contributed by atoms with Crippen LogP contribution in [0, 0.1) is 0 Å². The maximum Gasteiger partial charge on any atom is 0.267 e. The van der Waals surface area contributed by atoms with Crippen molar-refractivity contribution in [3.63, 3.8) is 0 Å². The summed E-state index contributed by atoms with van der Waals surface area (Å²) in [6.07, 6.45) is 0.634. The van der Waals surface area contributed by atoms with Crippen LogP contribution in [0.5, 0.6) is 0 Å². The molecule has 0 unspecified atom stereocenters. The van der Waals surface area contributed by atoms with Gasteiger partial charge >= 0.3 is 0 Å². The minimum atomic E-state index is -3.06. The lowest BCUT2D eigenvalue weighted by Gasteiger charge is -2.20. The van der Waals surface area contributed by atoms with Crippen molar-refractivity contribution in [2.45, 2.75) is 31.8 Å². The fourth-order valence-electron chi connectivity index (χ4n) is 2.96. The normalized spacial score (nSPS) is 25.4. The second-order valence-electron chi connectivity index (χ2n) is 6.13. The number of ketones is 1. The molecule has 1 saturated heterocycles. The third-order valence-electron chi connectivity index (χ3n) is 4.23. The summed E-state index contributed by atoms with van der Waals surface area (Å²) in [7, 11) is -3.06. The summed E-state index contributed by atoms with van der Waals surface area (Å²) in [4.78, 5) is 24.3. The first kappa shape index (κ1) is 16.6. The van der Waals surface area contributed by atoms with Crippen LogP contribution in [0.2, 0.25) is 0 Å². The van der Waals surface area contributed by atoms with Gasteiger partial charge in [0, 0.05) is 12.5 Å². The number of anilines is 1. The molecule has 8 heteroatoms. The zero-order valence-electron chi connectivity index (χ0n) is 13.3. The molecule has 24 heavy (non-hydrogen) atoms. The summed E-state index contributed by atoms with van der Waals surface area (Å²) in [5.74, 6) is -0.420. The Morgan fingerprint density at radius 3 is 2.54 bits per heavy atom. The van der Waals surface area contributed by atoms with E-state index in [1.54, 1.807) is 5.01 Å². The zero-order valence-corrected chi connectivity index (χ0v) is 14.1. The molecule has 0 radical (unpaired) electrons. The largest absolute Gasteiger partial charge is 0.347 e. The lowest BCUT2D eigenvalue weighted by molar-refractivity contribution is -0.118. The average molecular weight is 349 g/mol. The number of hydrogen-bond donors (Lipinski definition) is 1. The maximum absolute atomic E-state index is 12.4. The topological polar surface area (TPSA) is 95.9 Å². The van der Waals surface area contributed by atoms with Crippen LogP contribution in [-0.4, -0.2) is 49.4 Å². The first-order valence-corrected chi connectivity index (χ1v) is 9.61. The Labute approximate surface area is 140 Å². The number of para-hydroxylation sites is 1. The molecule has 2 aliphatic rings. The van der Waals surface area contributed by atoms with Gasteiger partial charge in [-0.25, -0.2) is 8.42 Å². The summed E-state index contributed by atoms with van der Waals surface area (Å²) in [6.45, 7) is 1.47. The molecule has 1 aromatic carbocycles. The second-order valence-corrected chi connectivity index (χ2v) is 8.36. The lowest BCUT2D eigenvalue weighted by atomic mass is 10.1. The van der Waals surface area contributed by atoms with Gasteiger partial charge in [0.1, 0.15) is 11.8 Å². The van der Waals surface area contributed by atoms with E-state index in [0.29, 0.717) is 6.42 Å². The van der Waals surface area contributed by atoms with Crippen molar-refractivity contribution in [1.82, 2.24) is 5.32 Å². The Bertz CT molecular complexity index is 789. The number of carbonyl (C=O) groups excluding carboxylic acids is 2. The SMILES string of the molecule is CC(=O)[C@@H]1CC(C(=O)N[C@@H]2CCS(=O)(=O)C2)=NN1c1ccccc1. The summed E-state index contributed by atoms with van der Waals surface area (Å²) >= 11 is 0. The predicted molar refractivity (Wildman–Crippen MR) is 90.6 cm³/mol. The highest BCUT2D eigenvalue weighted by atomic mass is 32.2. The van der Waals surface area contributed by atoms with E-state index < -0.39 is 21.8 Å². The molecular weight excluding hydrogens is 330 g/mol. The molecule has 1 fully saturated rings. The number of carbonyl (C=O) groups is 2. The highest BCUT2D eigenvalue weighted by Crippen LogP contribution is 2.25. The number of nitrogens with zero attached hydrogens (tertiary/aromatic N) is 2. The molecule has 0 aromatic heterocycles. The van der Waals surface area contributed by atoms with Crippen molar-refractivity contribution >= 4 is 32.9 Å². The molecule has 0 spiro atoms. The van der Waals surface area contributed by atoms with Crippen LogP contribution < -0.4 is 10.3 Å². The van der Waals surface area contributed by atoms with Gasteiger partial charge < -0.3 is 5.32 Å². The van der Waals surface area contributed by atoms with Gasteiger partial charge in [-0.2, -0.15) is 5.10 Å². The molecule has 0 bridgehead atoms. The third kappa shape index (κ3) is 3.48. The van der Waals surface area contributed by atoms with Gasteiger partial charge in [0.05, 0.1) is 17.2 Å². The van der Waals surface area contributed by atoms with Gasteiger partial charge in [-0.3, -0.25) is 14.6 Å². The number of rotatable bonds is 4. The molecule has 1 N–H and O–H groups in total. The fourth-order valence-corrected chi connectivity index (χ4v) is 4.63. The highest BCUT2D eigenvalue weighted by Gasteiger charge is 2.36. The molecule has 2 atom stereocenters. The van der Waals surface area contributed by atoms with Gasteiger partial charge in [-0.05, 0) is 25.5 Å². The number of hydrogen-bond acceptors (Lipinski definition) is 6. The van der Waals surface area contributed by atoms with Gasteiger partial charge in [0.2, 0.25) is 0 Å². The molecule has 2 aliphatic heterocycles. The third-order valence-corrected chi connectivity index (χ3v) is 6.00. The molecule has 7 nitrogen and oxygen atoms in total. The van der Waals surface area contributed by atoms with Gasteiger partial charge in [0.25, 0.3) is 5.91 Å². The van der Waals surface area contributed by atoms with Crippen LogP contribution in [0.3, 0.4) is 0 Å². The number of sulfone groups is 1. The highest BCUT2D eigenvalue weighted by molar-refractivity contribution is 7.91. The molecule has 128 valence electrons. The number of nitrogens with one attached hydrogen (secondary N) is 1. The summed E-state index contributed by atoms with van der Waals surface area (Å²) in [6, 6.07) is 8.29. The summed E-state index contributed by atoms with van der Waals surface area (Å²) in [5, 5.41) is 8.59. The molecule has 0 saturated carbocycles. The lowest BCUT2D eigenvalue weighted by Crippen LogP contribution is -2.40. The quantitative estimate of drug-likeness (QED) is 0.855. The monoisotopic (exact) mass is 349 g/mol. The van der Waals surface area contributed by atoms with E-state index in [0.717, 1.165) is 5.69 Å². The van der Waals surface area contributed by atoms with E-state index in [9.17, 15) is 18.0 Å². The van der Waals surface area contributed by atoms with Crippen molar-refractivity contribution in [1.29, 1.82) is 0 Å². The first-order valence-electron chi connectivity index (χ1n) is 7.79. The van der Waals surface area contributed by atoms with E-state index in [4.69, 9.17) is 0 Å². The summed E-state index contributed by atoms with van der Waals surface area (Å²) < 4.78 is 23.0. The van der Waals surface area contributed by atoms with Gasteiger partial charge in [-0.1, -0.05) is 18.2 Å². The zero-order chi connectivity index (χ0) is 17.3. The molecule has 1 amide bonds.